The van der Waals surface area contributed by atoms with E-state index in [4.69, 9.17) is 4.74 Å². The lowest BCUT2D eigenvalue weighted by Crippen LogP contribution is -2.48. The van der Waals surface area contributed by atoms with E-state index in [-0.39, 0.29) is 5.78 Å². The Labute approximate surface area is 119 Å². The number of methoxy groups -OCH3 is 1. The lowest BCUT2D eigenvalue weighted by molar-refractivity contribution is -0.0398. The highest BCUT2D eigenvalue weighted by atomic mass is 16.5. The second-order valence-corrected chi connectivity index (χ2v) is 6.10. The van der Waals surface area contributed by atoms with Crippen LogP contribution < -0.4 is 0 Å². The van der Waals surface area contributed by atoms with Gasteiger partial charge in [-0.05, 0) is 43.9 Å². The summed E-state index contributed by atoms with van der Waals surface area (Å²) in [6, 6.07) is 3.83. The number of aryl methyl sites for hydroxylation is 1. The molecule has 1 aliphatic carbocycles. The molecule has 20 heavy (non-hydrogen) atoms. The maximum Gasteiger partial charge on any atom is 0.192 e. The smallest absolute Gasteiger partial charge is 0.192 e. The molecule has 1 aromatic rings. The monoisotopic (exact) mass is 278 g/mol. The largest absolute Gasteiger partial charge is 0.390 e. The van der Waals surface area contributed by atoms with Gasteiger partial charge in [-0.3, -0.25) is 4.79 Å². The first kappa shape index (κ1) is 15.2. The first-order chi connectivity index (χ1) is 9.27. The van der Waals surface area contributed by atoms with Crippen LogP contribution in [0.2, 0.25) is 0 Å². The third kappa shape index (κ3) is 2.51. The van der Waals surface area contributed by atoms with Crippen molar-refractivity contribution in [1.29, 1.82) is 0 Å². The van der Waals surface area contributed by atoms with E-state index in [0.717, 1.165) is 16.7 Å². The van der Waals surface area contributed by atoms with E-state index >= 15 is 0 Å². The van der Waals surface area contributed by atoms with E-state index in [1.54, 1.807) is 21.0 Å². The van der Waals surface area contributed by atoms with Gasteiger partial charge in [-0.2, -0.15) is 0 Å². The summed E-state index contributed by atoms with van der Waals surface area (Å²) >= 11 is 0. The molecule has 0 unspecified atom stereocenters. The van der Waals surface area contributed by atoms with Crippen molar-refractivity contribution in [3.05, 3.63) is 34.4 Å². The predicted octanol–water partition coefficient (Wildman–Crippen LogP) is 1.63. The average molecular weight is 278 g/mol. The van der Waals surface area contributed by atoms with Crippen LogP contribution in [-0.2, 0) is 17.8 Å². The van der Waals surface area contributed by atoms with Crippen LogP contribution in [0.1, 0.15) is 40.9 Å². The van der Waals surface area contributed by atoms with Crippen molar-refractivity contribution in [2.75, 3.05) is 7.11 Å². The van der Waals surface area contributed by atoms with Gasteiger partial charge < -0.3 is 14.9 Å². The molecule has 2 N–H and O–H groups in total. The minimum absolute atomic E-state index is 0.311. The van der Waals surface area contributed by atoms with E-state index in [2.05, 4.69) is 0 Å². The fraction of sp³-hybridized carbons (Fsp3) is 0.562. The van der Waals surface area contributed by atoms with Crippen molar-refractivity contribution < 1.29 is 19.7 Å². The number of carbonyl (C=O) groups excluding carboxylic acids is 1. The van der Waals surface area contributed by atoms with E-state index in [1.807, 2.05) is 19.1 Å². The Morgan fingerprint density at radius 3 is 2.60 bits per heavy atom. The third-order valence-electron chi connectivity index (χ3n) is 4.16. The lowest BCUT2D eigenvalue weighted by Gasteiger charge is -2.37. The molecule has 4 heteroatoms. The van der Waals surface area contributed by atoms with Crippen molar-refractivity contribution in [3.63, 3.8) is 0 Å². The molecule has 2 rings (SSSR count). The molecule has 0 saturated carbocycles. The molecule has 0 bridgehead atoms. The number of hydrogen-bond acceptors (Lipinski definition) is 4. The van der Waals surface area contributed by atoms with E-state index in [9.17, 15) is 15.0 Å². The van der Waals surface area contributed by atoms with Gasteiger partial charge >= 0.3 is 0 Å². The number of Topliss-reactive ketones (excluding diaryl/α,β-unsaturated/α-hetero) is 1. The minimum atomic E-state index is -1.17. The predicted molar refractivity (Wildman–Crippen MR) is 75.7 cm³/mol. The molecule has 1 aliphatic rings. The summed E-state index contributed by atoms with van der Waals surface area (Å²) < 4.78 is 5.13. The van der Waals surface area contributed by atoms with Crippen LogP contribution in [0.3, 0.4) is 0 Å². The number of hydrogen-bond donors (Lipinski definition) is 2. The van der Waals surface area contributed by atoms with Gasteiger partial charge in [0.2, 0.25) is 0 Å². The molecule has 0 spiro atoms. The molecule has 0 aromatic heterocycles. The maximum absolute atomic E-state index is 12.5. The standard InChI is InChI=1S/C16H22O4/c1-9-5-6-10(8-20-4)13-11(9)7-12(16(2,3)19)14(17)15(13)18/h5-6,12,14,17,19H,7-8H2,1-4H3/t12-,14-/m0/s1. The molecular formula is C16H22O4. The number of rotatable bonds is 3. The Kier molecular flexibility index (Phi) is 4.00. The quantitative estimate of drug-likeness (QED) is 0.882. The highest BCUT2D eigenvalue weighted by Crippen LogP contribution is 2.36. The van der Waals surface area contributed by atoms with Gasteiger partial charge in [0.25, 0.3) is 0 Å². The van der Waals surface area contributed by atoms with Crippen molar-refractivity contribution in [1.82, 2.24) is 0 Å². The highest BCUT2D eigenvalue weighted by Gasteiger charge is 2.43. The van der Waals surface area contributed by atoms with Crippen LogP contribution in [-0.4, -0.2) is 34.8 Å². The van der Waals surface area contributed by atoms with Crippen LogP contribution in [0.4, 0.5) is 0 Å². The van der Waals surface area contributed by atoms with Gasteiger partial charge in [0.05, 0.1) is 12.2 Å². The van der Waals surface area contributed by atoms with E-state index in [1.165, 1.54) is 0 Å². The highest BCUT2D eigenvalue weighted by molar-refractivity contribution is 6.03. The number of ketones is 1. The Morgan fingerprint density at radius 1 is 1.40 bits per heavy atom. The number of ether oxygens (including phenoxy) is 1. The zero-order valence-corrected chi connectivity index (χ0v) is 12.4. The summed E-state index contributed by atoms with van der Waals surface area (Å²) in [5, 5.41) is 20.4. The molecule has 0 saturated heterocycles. The summed E-state index contributed by atoms with van der Waals surface area (Å²) in [6.45, 7) is 5.55. The first-order valence-corrected chi connectivity index (χ1v) is 6.82. The SMILES string of the molecule is COCc1ccc(C)c2c1C(=O)[C@@H](O)[C@@H](C(C)(C)O)C2. The van der Waals surface area contributed by atoms with Crippen molar-refractivity contribution in [3.8, 4) is 0 Å². The first-order valence-electron chi connectivity index (χ1n) is 6.82. The summed E-state index contributed by atoms with van der Waals surface area (Å²) in [6.07, 6.45) is -0.672. The van der Waals surface area contributed by atoms with E-state index in [0.29, 0.717) is 18.6 Å². The number of aliphatic hydroxyl groups is 2. The fourth-order valence-electron chi connectivity index (χ4n) is 2.94. The van der Waals surface area contributed by atoms with Crippen LogP contribution in [0, 0.1) is 12.8 Å². The van der Waals surface area contributed by atoms with Gasteiger partial charge in [-0.25, -0.2) is 0 Å². The molecule has 0 aliphatic heterocycles. The van der Waals surface area contributed by atoms with Gasteiger partial charge in [-0.1, -0.05) is 12.1 Å². The third-order valence-corrected chi connectivity index (χ3v) is 4.16. The molecule has 4 nitrogen and oxygen atoms in total. The zero-order valence-electron chi connectivity index (χ0n) is 12.4. The fourth-order valence-corrected chi connectivity index (χ4v) is 2.94. The molecule has 0 fully saturated rings. The number of carbonyl (C=O) groups is 1. The van der Waals surface area contributed by atoms with Gasteiger partial charge in [-0.15, -0.1) is 0 Å². The van der Waals surface area contributed by atoms with Gasteiger partial charge in [0, 0.05) is 18.6 Å². The number of aliphatic hydroxyl groups excluding tert-OH is 1. The van der Waals surface area contributed by atoms with Crippen molar-refractivity contribution in [2.45, 2.75) is 45.5 Å². The number of fused-ring (bicyclic) bond motifs is 1. The normalized spacial score (nSPS) is 22.8. The lowest BCUT2D eigenvalue weighted by atomic mass is 9.71. The molecule has 2 atom stereocenters. The molecule has 0 radical (unpaired) electrons. The van der Waals surface area contributed by atoms with Crippen LogP contribution in [0.25, 0.3) is 0 Å². The van der Waals surface area contributed by atoms with Gasteiger partial charge in [0.1, 0.15) is 6.10 Å². The Balaban J connectivity index is 2.56. The van der Waals surface area contributed by atoms with Crippen molar-refractivity contribution in [2.24, 2.45) is 5.92 Å². The summed E-state index contributed by atoms with van der Waals surface area (Å²) in [7, 11) is 1.58. The maximum atomic E-state index is 12.5. The van der Waals surface area contributed by atoms with E-state index < -0.39 is 17.6 Å². The Bertz CT molecular complexity index is 528. The molecule has 0 amide bonds. The number of benzene rings is 1. The van der Waals surface area contributed by atoms with Crippen LogP contribution in [0.15, 0.2) is 12.1 Å². The second-order valence-electron chi connectivity index (χ2n) is 6.10. The molecule has 0 heterocycles. The van der Waals surface area contributed by atoms with Crippen LogP contribution in [0.5, 0.6) is 0 Å². The topological polar surface area (TPSA) is 66.8 Å². The Hall–Kier alpha value is -1.23. The minimum Gasteiger partial charge on any atom is -0.390 e. The van der Waals surface area contributed by atoms with Crippen LogP contribution >= 0.6 is 0 Å². The Morgan fingerprint density at radius 2 is 2.05 bits per heavy atom. The molecule has 1 aromatic carbocycles. The van der Waals surface area contributed by atoms with Gasteiger partial charge in [0.15, 0.2) is 5.78 Å². The molecular weight excluding hydrogens is 256 g/mol. The summed E-state index contributed by atoms with van der Waals surface area (Å²) in [5.41, 5.74) is 2.19. The summed E-state index contributed by atoms with van der Waals surface area (Å²) in [4.78, 5) is 12.5. The zero-order chi connectivity index (χ0) is 15.1. The average Bonchev–Trinajstić information content (AvgIpc) is 2.35. The summed E-state index contributed by atoms with van der Waals surface area (Å²) in [5.74, 6) is -0.798. The molecule has 110 valence electrons. The second kappa shape index (κ2) is 5.28. The van der Waals surface area contributed by atoms with Crippen molar-refractivity contribution >= 4 is 5.78 Å².